The van der Waals surface area contributed by atoms with Crippen molar-refractivity contribution in [3.8, 4) is 0 Å². The molecule has 1 aromatic carbocycles. The van der Waals surface area contributed by atoms with Gasteiger partial charge in [-0.25, -0.2) is 4.79 Å². The molecule has 0 aliphatic rings. The summed E-state index contributed by atoms with van der Waals surface area (Å²) in [5, 5.41) is 0. The second-order valence-corrected chi connectivity index (χ2v) is 2.69. The molecule has 16 heavy (non-hydrogen) atoms. The van der Waals surface area contributed by atoms with E-state index in [1.54, 1.807) is 19.1 Å². The zero-order valence-corrected chi connectivity index (χ0v) is 9.18. The lowest BCUT2D eigenvalue weighted by Crippen LogP contribution is -2.04. The van der Waals surface area contributed by atoms with Crippen LogP contribution in [0.4, 0.5) is 0 Å². The van der Waals surface area contributed by atoms with E-state index in [4.69, 9.17) is 4.74 Å². The molecule has 0 heterocycles. The zero-order valence-electron chi connectivity index (χ0n) is 9.18. The van der Waals surface area contributed by atoms with Crippen molar-refractivity contribution in [2.75, 3.05) is 6.61 Å². The van der Waals surface area contributed by atoms with Gasteiger partial charge >= 0.3 is 5.97 Å². The lowest BCUT2D eigenvalue weighted by molar-refractivity contribution is -0.113. The normalized spacial score (nSPS) is 8.31. The van der Waals surface area contributed by atoms with Crippen molar-refractivity contribution < 1.29 is 14.3 Å². The molecule has 0 bridgehead atoms. The number of primary amides is 1. The molecule has 86 valence electrons. The molecule has 1 aromatic rings. The zero-order chi connectivity index (χ0) is 12.4. The largest absolute Gasteiger partial charge is 0.462 e. The van der Waals surface area contributed by atoms with E-state index in [1.807, 2.05) is 18.2 Å². The first-order chi connectivity index (χ1) is 7.61. The highest BCUT2D eigenvalue weighted by atomic mass is 16.5. The molecular formula is C12H15NO3. The second kappa shape index (κ2) is 8.23. The first-order valence-electron chi connectivity index (χ1n) is 4.75. The van der Waals surface area contributed by atoms with Crippen LogP contribution in [0.25, 0.3) is 0 Å². The van der Waals surface area contributed by atoms with Crippen molar-refractivity contribution >= 4 is 11.9 Å². The number of esters is 1. The lowest BCUT2D eigenvalue weighted by atomic mass is 10.2. The van der Waals surface area contributed by atoms with Crippen molar-refractivity contribution in [2.45, 2.75) is 6.92 Å². The number of ether oxygens (including phenoxy) is 1. The van der Waals surface area contributed by atoms with Gasteiger partial charge in [-0.3, -0.25) is 4.79 Å². The first-order valence-corrected chi connectivity index (χ1v) is 4.75. The van der Waals surface area contributed by atoms with Crippen molar-refractivity contribution in [3.63, 3.8) is 0 Å². The van der Waals surface area contributed by atoms with Crippen LogP contribution in [-0.2, 0) is 9.53 Å². The van der Waals surface area contributed by atoms with Crippen LogP contribution in [0.2, 0.25) is 0 Å². The summed E-state index contributed by atoms with van der Waals surface area (Å²) in [5.74, 6) is -0.738. The number of carbonyl (C=O) groups is 2. The quantitative estimate of drug-likeness (QED) is 0.621. The van der Waals surface area contributed by atoms with Gasteiger partial charge in [-0.05, 0) is 25.1 Å². The number of nitrogens with two attached hydrogens (primary N) is 1. The Morgan fingerprint density at radius 2 is 1.88 bits per heavy atom. The molecule has 0 aliphatic carbocycles. The van der Waals surface area contributed by atoms with Crippen LogP contribution < -0.4 is 5.73 Å². The summed E-state index contributed by atoms with van der Waals surface area (Å²) in [7, 11) is 0. The number of amides is 1. The van der Waals surface area contributed by atoms with Gasteiger partial charge in [0.25, 0.3) is 0 Å². The summed E-state index contributed by atoms with van der Waals surface area (Å²) < 4.78 is 4.79. The van der Waals surface area contributed by atoms with Gasteiger partial charge in [-0.15, -0.1) is 0 Å². The van der Waals surface area contributed by atoms with Crippen molar-refractivity contribution in [3.05, 3.63) is 48.6 Å². The highest BCUT2D eigenvalue weighted by Gasteiger charge is 2.02. The molecule has 0 atom stereocenters. The van der Waals surface area contributed by atoms with Gasteiger partial charge in [0.15, 0.2) is 0 Å². The van der Waals surface area contributed by atoms with Gasteiger partial charge in [-0.1, -0.05) is 24.8 Å². The SMILES string of the molecule is C=CC(N)=O.CCOC(=O)c1ccccc1. The second-order valence-electron chi connectivity index (χ2n) is 2.69. The summed E-state index contributed by atoms with van der Waals surface area (Å²) >= 11 is 0. The van der Waals surface area contributed by atoms with Crippen LogP contribution in [0, 0.1) is 0 Å². The Hall–Kier alpha value is -2.10. The molecule has 0 aromatic heterocycles. The minimum atomic E-state index is -0.481. The topological polar surface area (TPSA) is 69.4 Å². The van der Waals surface area contributed by atoms with E-state index in [1.165, 1.54) is 0 Å². The molecule has 0 radical (unpaired) electrons. The minimum Gasteiger partial charge on any atom is -0.462 e. The Bertz CT molecular complexity index is 347. The van der Waals surface area contributed by atoms with Crippen LogP contribution in [0.1, 0.15) is 17.3 Å². The van der Waals surface area contributed by atoms with Crippen LogP contribution in [0.15, 0.2) is 43.0 Å². The van der Waals surface area contributed by atoms with E-state index in [0.717, 1.165) is 6.08 Å². The Balaban J connectivity index is 0.000000385. The van der Waals surface area contributed by atoms with Crippen LogP contribution in [0.3, 0.4) is 0 Å². The standard InChI is InChI=1S/C9H10O2.C3H5NO/c1-2-11-9(10)8-6-4-3-5-7-8;1-2-3(4)5/h3-7H,2H2,1H3;2H,1H2,(H2,4,5). The fourth-order valence-corrected chi connectivity index (χ4v) is 0.789. The average Bonchev–Trinajstić information content (AvgIpc) is 2.31. The molecule has 1 rings (SSSR count). The third-order valence-corrected chi connectivity index (χ3v) is 1.49. The summed E-state index contributed by atoms with van der Waals surface area (Å²) in [4.78, 5) is 20.5. The fourth-order valence-electron chi connectivity index (χ4n) is 0.789. The van der Waals surface area contributed by atoms with E-state index in [2.05, 4.69) is 12.3 Å². The highest BCUT2D eigenvalue weighted by Crippen LogP contribution is 1.99. The van der Waals surface area contributed by atoms with Crippen LogP contribution >= 0.6 is 0 Å². The molecule has 0 aliphatic heterocycles. The van der Waals surface area contributed by atoms with Crippen LogP contribution in [0.5, 0.6) is 0 Å². The van der Waals surface area contributed by atoms with E-state index in [-0.39, 0.29) is 5.97 Å². The predicted octanol–water partition coefficient (Wildman–Crippen LogP) is 1.52. The van der Waals surface area contributed by atoms with Gasteiger partial charge in [-0.2, -0.15) is 0 Å². The molecular weight excluding hydrogens is 206 g/mol. The van der Waals surface area contributed by atoms with Gasteiger partial charge in [0.1, 0.15) is 0 Å². The Labute approximate surface area is 94.7 Å². The molecule has 0 fully saturated rings. The first kappa shape index (κ1) is 13.9. The molecule has 0 saturated carbocycles. The monoisotopic (exact) mass is 221 g/mol. The minimum absolute atomic E-state index is 0.256. The summed E-state index contributed by atoms with van der Waals surface area (Å²) in [6.45, 7) is 5.30. The Morgan fingerprint density at radius 3 is 2.25 bits per heavy atom. The molecule has 2 N–H and O–H groups in total. The van der Waals surface area contributed by atoms with Gasteiger partial charge in [0.05, 0.1) is 12.2 Å². The number of benzene rings is 1. The van der Waals surface area contributed by atoms with Gasteiger partial charge < -0.3 is 10.5 Å². The van der Waals surface area contributed by atoms with Crippen molar-refractivity contribution in [1.29, 1.82) is 0 Å². The third kappa shape index (κ3) is 6.37. The van der Waals surface area contributed by atoms with Gasteiger partial charge in [0, 0.05) is 0 Å². The molecule has 4 nitrogen and oxygen atoms in total. The van der Waals surface area contributed by atoms with E-state index in [9.17, 15) is 9.59 Å². The number of rotatable bonds is 3. The van der Waals surface area contributed by atoms with Crippen molar-refractivity contribution in [2.24, 2.45) is 5.73 Å². The molecule has 0 unspecified atom stereocenters. The molecule has 0 spiro atoms. The van der Waals surface area contributed by atoms with E-state index >= 15 is 0 Å². The number of carbonyl (C=O) groups excluding carboxylic acids is 2. The number of hydrogen-bond donors (Lipinski definition) is 1. The summed E-state index contributed by atoms with van der Waals surface area (Å²) in [6.07, 6.45) is 1.06. The Kier molecular flexibility index (Phi) is 7.15. The van der Waals surface area contributed by atoms with Gasteiger partial charge in [0.2, 0.25) is 5.91 Å². The predicted molar refractivity (Wildman–Crippen MR) is 61.8 cm³/mol. The maximum absolute atomic E-state index is 11.0. The van der Waals surface area contributed by atoms with Crippen molar-refractivity contribution in [1.82, 2.24) is 0 Å². The Morgan fingerprint density at radius 1 is 1.38 bits per heavy atom. The highest BCUT2D eigenvalue weighted by molar-refractivity contribution is 5.89. The van der Waals surface area contributed by atoms with E-state index in [0.29, 0.717) is 12.2 Å². The number of hydrogen-bond acceptors (Lipinski definition) is 3. The maximum atomic E-state index is 11.0. The smallest absolute Gasteiger partial charge is 0.338 e. The average molecular weight is 221 g/mol. The van der Waals surface area contributed by atoms with E-state index < -0.39 is 5.91 Å². The lowest BCUT2D eigenvalue weighted by Gasteiger charge is -1.99. The molecule has 4 heteroatoms. The third-order valence-electron chi connectivity index (χ3n) is 1.49. The molecule has 1 amide bonds. The summed E-state index contributed by atoms with van der Waals surface area (Å²) in [6, 6.07) is 8.96. The summed E-state index contributed by atoms with van der Waals surface area (Å²) in [5.41, 5.74) is 5.14. The fraction of sp³-hybridized carbons (Fsp3) is 0.167. The van der Waals surface area contributed by atoms with Crippen LogP contribution in [-0.4, -0.2) is 18.5 Å². The molecule has 0 saturated heterocycles. The maximum Gasteiger partial charge on any atom is 0.338 e.